The second kappa shape index (κ2) is 8.76. The van der Waals surface area contributed by atoms with E-state index >= 15 is 0 Å². The molecule has 0 saturated carbocycles. The van der Waals surface area contributed by atoms with Crippen LogP contribution in [-0.4, -0.2) is 60.4 Å². The highest BCUT2D eigenvalue weighted by molar-refractivity contribution is 5.82. The Bertz CT molecular complexity index is 556. The standard InChI is InChI=1S/C19H29N3O3/c1-14-18(20-8-11-25-14)19(24)21-12-15-2-4-16(5-3-15)13-22-9-6-17(23)7-10-22/h2-5,14,17-18,20,23H,6-13H2,1H3,(H,21,24)/t14-,18+/m1/s1. The average molecular weight is 347 g/mol. The number of hydrogen-bond acceptors (Lipinski definition) is 5. The summed E-state index contributed by atoms with van der Waals surface area (Å²) in [7, 11) is 0. The summed E-state index contributed by atoms with van der Waals surface area (Å²) < 4.78 is 5.51. The van der Waals surface area contributed by atoms with Gasteiger partial charge in [-0.15, -0.1) is 0 Å². The van der Waals surface area contributed by atoms with Crippen molar-refractivity contribution in [2.75, 3.05) is 26.2 Å². The molecule has 2 atom stereocenters. The molecule has 0 unspecified atom stereocenters. The van der Waals surface area contributed by atoms with Gasteiger partial charge in [-0.05, 0) is 30.9 Å². The molecule has 3 N–H and O–H groups in total. The largest absolute Gasteiger partial charge is 0.393 e. The predicted octanol–water partition coefficient (Wildman–Crippen LogP) is 0.636. The minimum absolute atomic E-state index is 0.0110. The topological polar surface area (TPSA) is 73.8 Å². The lowest BCUT2D eigenvalue weighted by atomic mass is 10.1. The molecule has 138 valence electrons. The highest BCUT2D eigenvalue weighted by Crippen LogP contribution is 2.14. The third-order valence-electron chi connectivity index (χ3n) is 5.05. The summed E-state index contributed by atoms with van der Waals surface area (Å²) in [5.41, 5.74) is 2.36. The summed E-state index contributed by atoms with van der Waals surface area (Å²) >= 11 is 0. The number of likely N-dealkylation sites (tertiary alicyclic amines) is 1. The Labute approximate surface area is 149 Å². The number of carbonyl (C=O) groups excluding carboxylic acids is 1. The smallest absolute Gasteiger partial charge is 0.240 e. The molecule has 6 nitrogen and oxygen atoms in total. The van der Waals surface area contributed by atoms with Crippen LogP contribution in [0.4, 0.5) is 0 Å². The number of rotatable bonds is 5. The quantitative estimate of drug-likeness (QED) is 0.729. The Morgan fingerprint density at radius 1 is 1.28 bits per heavy atom. The van der Waals surface area contributed by atoms with Crippen LogP contribution < -0.4 is 10.6 Å². The lowest BCUT2D eigenvalue weighted by molar-refractivity contribution is -0.129. The van der Waals surface area contributed by atoms with Crippen molar-refractivity contribution in [3.05, 3.63) is 35.4 Å². The first kappa shape index (κ1) is 18.3. The molecule has 0 spiro atoms. The van der Waals surface area contributed by atoms with E-state index in [-0.39, 0.29) is 24.2 Å². The van der Waals surface area contributed by atoms with Gasteiger partial charge in [0.2, 0.25) is 5.91 Å². The first-order valence-electron chi connectivity index (χ1n) is 9.23. The number of amides is 1. The summed E-state index contributed by atoms with van der Waals surface area (Å²) in [5, 5.41) is 15.8. The molecule has 1 aromatic carbocycles. The van der Waals surface area contributed by atoms with Gasteiger partial charge in [-0.25, -0.2) is 0 Å². The number of carbonyl (C=O) groups is 1. The summed E-state index contributed by atoms with van der Waals surface area (Å²) in [6.07, 6.45) is 1.50. The molecule has 1 aromatic rings. The number of nitrogens with zero attached hydrogens (tertiary/aromatic N) is 1. The van der Waals surface area contributed by atoms with Crippen LogP contribution in [-0.2, 0) is 22.6 Å². The van der Waals surface area contributed by atoms with Gasteiger partial charge in [0.25, 0.3) is 0 Å². The summed E-state index contributed by atoms with van der Waals surface area (Å²) in [6, 6.07) is 8.11. The van der Waals surface area contributed by atoms with Crippen molar-refractivity contribution in [2.24, 2.45) is 0 Å². The van der Waals surface area contributed by atoms with Crippen LogP contribution in [0.1, 0.15) is 30.9 Å². The van der Waals surface area contributed by atoms with Gasteiger partial charge in [-0.2, -0.15) is 0 Å². The Kier molecular flexibility index (Phi) is 6.42. The number of piperidine rings is 1. The number of hydrogen-bond donors (Lipinski definition) is 3. The molecule has 25 heavy (non-hydrogen) atoms. The van der Waals surface area contributed by atoms with Crippen LogP contribution in [0, 0.1) is 0 Å². The van der Waals surface area contributed by atoms with Gasteiger partial charge in [-0.1, -0.05) is 24.3 Å². The number of morpholine rings is 1. The molecule has 2 saturated heterocycles. The Morgan fingerprint density at radius 2 is 1.96 bits per heavy atom. The van der Waals surface area contributed by atoms with E-state index < -0.39 is 0 Å². The number of benzene rings is 1. The monoisotopic (exact) mass is 347 g/mol. The van der Waals surface area contributed by atoms with E-state index in [0.717, 1.165) is 38.0 Å². The zero-order valence-electron chi connectivity index (χ0n) is 14.9. The zero-order chi connectivity index (χ0) is 17.6. The van der Waals surface area contributed by atoms with Crippen molar-refractivity contribution in [1.29, 1.82) is 0 Å². The van der Waals surface area contributed by atoms with Crippen LogP contribution >= 0.6 is 0 Å². The van der Waals surface area contributed by atoms with E-state index in [1.807, 2.05) is 6.92 Å². The molecule has 0 bridgehead atoms. The van der Waals surface area contributed by atoms with Crippen molar-refractivity contribution in [3.8, 4) is 0 Å². The predicted molar refractivity (Wildman–Crippen MR) is 96.0 cm³/mol. The number of nitrogens with one attached hydrogen (secondary N) is 2. The second-order valence-electron chi connectivity index (χ2n) is 7.05. The molecule has 0 aliphatic carbocycles. The van der Waals surface area contributed by atoms with Gasteiger partial charge in [0, 0.05) is 32.7 Å². The first-order chi connectivity index (χ1) is 12.1. The number of aliphatic hydroxyl groups is 1. The van der Waals surface area contributed by atoms with Crippen molar-refractivity contribution < 1.29 is 14.6 Å². The molecule has 2 heterocycles. The maximum Gasteiger partial charge on any atom is 0.240 e. The summed E-state index contributed by atoms with van der Waals surface area (Å²) in [5.74, 6) is -0.0110. The van der Waals surface area contributed by atoms with Crippen molar-refractivity contribution >= 4 is 5.91 Å². The third kappa shape index (κ3) is 5.25. The molecule has 3 rings (SSSR count). The van der Waals surface area contributed by atoms with Crippen molar-refractivity contribution in [2.45, 2.75) is 51.1 Å². The van der Waals surface area contributed by atoms with E-state index in [0.29, 0.717) is 19.7 Å². The van der Waals surface area contributed by atoms with Gasteiger partial charge in [0.05, 0.1) is 18.8 Å². The van der Waals surface area contributed by atoms with Gasteiger partial charge in [-0.3, -0.25) is 9.69 Å². The molecule has 1 amide bonds. The van der Waals surface area contributed by atoms with Crippen LogP contribution in [0.15, 0.2) is 24.3 Å². The first-order valence-corrected chi connectivity index (χ1v) is 9.23. The second-order valence-corrected chi connectivity index (χ2v) is 7.05. The maximum atomic E-state index is 12.3. The van der Waals surface area contributed by atoms with Gasteiger partial charge in [0.15, 0.2) is 0 Å². The van der Waals surface area contributed by atoms with Gasteiger partial charge < -0.3 is 20.5 Å². The fraction of sp³-hybridized carbons (Fsp3) is 0.632. The van der Waals surface area contributed by atoms with Crippen molar-refractivity contribution in [1.82, 2.24) is 15.5 Å². The fourth-order valence-corrected chi connectivity index (χ4v) is 3.42. The van der Waals surface area contributed by atoms with Crippen molar-refractivity contribution in [3.63, 3.8) is 0 Å². The minimum atomic E-state index is -0.275. The molecule has 2 aliphatic heterocycles. The Hall–Kier alpha value is -1.47. The van der Waals surface area contributed by atoms with E-state index in [4.69, 9.17) is 4.74 Å². The lowest BCUT2D eigenvalue weighted by Gasteiger charge is -2.29. The highest BCUT2D eigenvalue weighted by Gasteiger charge is 2.27. The van der Waals surface area contributed by atoms with E-state index in [9.17, 15) is 9.90 Å². The van der Waals surface area contributed by atoms with Crippen LogP contribution in [0.5, 0.6) is 0 Å². The molecule has 0 radical (unpaired) electrons. The van der Waals surface area contributed by atoms with Gasteiger partial charge >= 0.3 is 0 Å². The lowest BCUT2D eigenvalue weighted by Crippen LogP contribution is -2.55. The summed E-state index contributed by atoms with van der Waals surface area (Å²) in [4.78, 5) is 14.6. The Balaban J connectivity index is 1.45. The fourth-order valence-electron chi connectivity index (χ4n) is 3.42. The molecular formula is C19H29N3O3. The third-order valence-corrected chi connectivity index (χ3v) is 5.05. The van der Waals surface area contributed by atoms with E-state index in [1.165, 1.54) is 5.56 Å². The molecule has 2 aliphatic rings. The number of aliphatic hydroxyl groups excluding tert-OH is 1. The normalized spacial score (nSPS) is 25.7. The van der Waals surface area contributed by atoms with Gasteiger partial charge in [0.1, 0.15) is 6.04 Å². The van der Waals surface area contributed by atoms with E-state index in [1.54, 1.807) is 0 Å². The van der Waals surface area contributed by atoms with Crippen LogP contribution in [0.2, 0.25) is 0 Å². The number of ether oxygens (including phenoxy) is 1. The summed E-state index contributed by atoms with van der Waals surface area (Å²) in [6.45, 7) is 6.64. The minimum Gasteiger partial charge on any atom is -0.393 e. The van der Waals surface area contributed by atoms with Crippen LogP contribution in [0.3, 0.4) is 0 Å². The van der Waals surface area contributed by atoms with E-state index in [2.05, 4.69) is 39.8 Å². The maximum absolute atomic E-state index is 12.3. The molecule has 0 aromatic heterocycles. The average Bonchev–Trinajstić information content (AvgIpc) is 2.63. The van der Waals surface area contributed by atoms with Crippen LogP contribution in [0.25, 0.3) is 0 Å². The SMILES string of the molecule is C[C@H]1OCCN[C@@H]1C(=O)NCc1ccc(CN2CCC(O)CC2)cc1. The zero-order valence-corrected chi connectivity index (χ0v) is 14.9. The molecule has 2 fully saturated rings. The highest BCUT2D eigenvalue weighted by atomic mass is 16.5. The molecular weight excluding hydrogens is 318 g/mol. The molecule has 6 heteroatoms. The Morgan fingerprint density at radius 3 is 2.64 bits per heavy atom.